The second-order valence-electron chi connectivity index (χ2n) is 3.72. The molecular weight excluding hydrogens is 228 g/mol. The molecule has 1 aliphatic rings. The molecule has 15 heavy (non-hydrogen) atoms. The topological polar surface area (TPSA) is 55.1 Å². The Kier molecular flexibility index (Phi) is 6.02. The summed E-state index contributed by atoms with van der Waals surface area (Å²) in [5.41, 5.74) is 5.37. The first-order valence-corrected chi connectivity index (χ1v) is 6.83. The lowest BCUT2D eigenvalue weighted by atomic mass is 10.2. The Bertz CT molecular complexity index is 227. The van der Waals surface area contributed by atoms with Crippen molar-refractivity contribution < 1.29 is 4.79 Å². The number of carbonyl (C=O) groups is 1. The number of hydrogen-bond donors (Lipinski definition) is 2. The SMILES string of the molecule is NC(=S)CCCNC(=O)C1CCCCS1. The Labute approximate surface area is 101 Å². The summed E-state index contributed by atoms with van der Waals surface area (Å²) < 4.78 is 0. The van der Waals surface area contributed by atoms with Gasteiger partial charge in [-0.3, -0.25) is 4.79 Å². The van der Waals surface area contributed by atoms with Crippen LogP contribution in [0.25, 0.3) is 0 Å². The van der Waals surface area contributed by atoms with Crippen molar-refractivity contribution in [3.05, 3.63) is 0 Å². The molecule has 3 nitrogen and oxygen atoms in total. The maximum Gasteiger partial charge on any atom is 0.233 e. The standard InChI is InChI=1S/C10H18N2OS2/c11-9(14)5-3-6-12-10(13)8-4-1-2-7-15-8/h8H,1-7H2,(H2,11,14)(H,12,13). The molecule has 1 amide bonds. The van der Waals surface area contributed by atoms with Gasteiger partial charge in [-0.05, 0) is 31.4 Å². The second kappa shape index (κ2) is 7.06. The van der Waals surface area contributed by atoms with Gasteiger partial charge in [-0.15, -0.1) is 11.8 Å². The van der Waals surface area contributed by atoms with Crippen LogP contribution in [-0.4, -0.2) is 28.4 Å². The molecule has 1 unspecified atom stereocenters. The van der Waals surface area contributed by atoms with Crippen molar-refractivity contribution >= 4 is 34.9 Å². The average Bonchev–Trinajstić information content (AvgIpc) is 2.25. The summed E-state index contributed by atoms with van der Waals surface area (Å²) >= 11 is 6.53. The lowest BCUT2D eigenvalue weighted by Crippen LogP contribution is -2.35. The molecule has 1 atom stereocenters. The van der Waals surface area contributed by atoms with Gasteiger partial charge in [0, 0.05) is 6.54 Å². The molecule has 1 aliphatic heterocycles. The van der Waals surface area contributed by atoms with Crippen molar-refractivity contribution in [3.63, 3.8) is 0 Å². The van der Waals surface area contributed by atoms with Crippen LogP contribution in [0.4, 0.5) is 0 Å². The van der Waals surface area contributed by atoms with Gasteiger partial charge in [0.05, 0.1) is 10.2 Å². The number of nitrogens with one attached hydrogen (secondary N) is 1. The number of carbonyl (C=O) groups excluding carboxylic acids is 1. The third-order valence-electron chi connectivity index (χ3n) is 2.37. The lowest BCUT2D eigenvalue weighted by Gasteiger charge is -2.20. The normalized spacial score (nSPS) is 20.9. The summed E-state index contributed by atoms with van der Waals surface area (Å²) in [5.74, 6) is 1.30. The highest BCUT2D eigenvalue weighted by Crippen LogP contribution is 2.24. The largest absolute Gasteiger partial charge is 0.393 e. The van der Waals surface area contributed by atoms with Gasteiger partial charge >= 0.3 is 0 Å². The van der Waals surface area contributed by atoms with E-state index in [0.29, 0.717) is 18.0 Å². The number of thioether (sulfide) groups is 1. The molecule has 0 bridgehead atoms. The highest BCUT2D eigenvalue weighted by Gasteiger charge is 2.20. The smallest absolute Gasteiger partial charge is 0.233 e. The zero-order chi connectivity index (χ0) is 11.1. The quantitative estimate of drug-likeness (QED) is 0.569. The third kappa shape index (κ3) is 5.37. The Hall–Kier alpha value is -0.290. The van der Waals surface area contributed by atoms with Crippen LogP contribution in [0.15, 0.2) is 0 Å². The molecule has 0 spiro atoms. The minimum atomic E-state index is 0.170. The molecule has 86 valence electrons. The molecular formula is C10H18N2OS2. The third-order valence-corrected chi connectivity index (χ3v) is 3.95. The van der Waals surface area contributed by atoms with Crippen molar-refractivity contribution in [2.45, 2.75) is 37.4 Å². The van der Waals surface area contributed by atoms with E-state index in [4.69, 9.17) is 18.0 Å². The Balaban J connectivity index is 2.09. The molecule has 0 radical (unpaired) electrons. The van der Waals surface area contributed by atoms with Crippen LogP contribution in [-0.2, 0) is 4.79 Å². The van der Waals surface area contributed by atoms with Crippen LogP contribution in [0, 0.1) is 0 Å². The van der Waals surface area contributed by atoms with Crippen LogP contribution in [0.3, 0.4) is 0 Å². The molecule has 0 aromatic heterocycles. The molecule has 0 aromatic rings. The van der Waals surface area contributed by atoms with Crippen molar-refractivity contribution in [1.29, 1.82) is 0 Å². The monoisotopic (exact) mass is 246 g/mol. The lowest BCUT2D eigenvalue weighted by molar-refractivity contribution is -0.120. The second-order valence-corrected chi connectivity index (χ2v) is 5.55. The van der Waals surface area contributed by atoms with Gasteiger partial charge in [-0.25, -0.2) is 0 Å². The first-order chi connectivity index (χ1) is 7.20. The fraction of sp³-hybridized carbons (Fsp3) is 0.800. The summed E-state index contributed by atoms with van der Waals surface area (Å²) in [7, 11) is 0. The Morgan fingerprint density at radius 3 is 2.93 bits per heavy atom. The zero-order valence-electron chi connectivity index (χ0n) is 8.83. The molecule has 3 N–H and O–H groups in total. The van der Waals surface area contributed by atoms with Gasteiger partial charge in [-0.2, -0.15) is 0 Å². The van der Waals surface area contributed by atoms with E-state index in [1.807, 2.05) is 0 Å². The number of nitrogens with two attached hydrogens (primary N) is 1. The number of rotatable bonds is 5. The van der Waals surface area contributed by atoms with Crippen molar-refractivity contribution in [2.75, 3.05) is 12.3 Å². The van der Waals surface area contributed by atoms with E-state index in [-0.39, 0.29) is 11.2 Å². The van der Waals surface area contributed by atoms with Crippen LogP contribution in [0.2, 0.25) is 0 Å². The summed E-state index contributed by atoms with van der Waals surface area (Å²) in [6, 6.07) is 0. The number of thiocarbonyl (C=S) groups is 1. The van der Waals surface area contributed by atoms with Crippen LogP contribution in [0.1, 0.15) is 32.1 Å². The summed E-state index contributed by atoms with van der Waals surface area (Å²) in [4.78, 5) is 12.2. The molecule has 1 heterocycles. The van der Waals surface area contributed by atoms with Crippen LogP contribution >= 0.6 is 24.0 Å². The van der Waals surface area contributed by atoms with Gasteiger partial charge in [0.2, 0.25) is 5.91 Å². The van der Waals surface area contributed by atoms with Crippen LogP contribution < -0.4 is 11.1 Å². The average molecular weight is 246 g/mol. The van der Waals surface area contributed by atoms with E-state index >= 15 is 0 Å². The van der Waals surface area contributed by atoms with Gasteiger partial charge in [0.25, 0.3) is 0 Å². The van der Waals surface area contributed by atoms with E-state index < -0.39 is 0 Å². The number of hydrogen-bond acceptors (Lipinski definition) is 3. The number of amides is 1. The van der Waals surface area contributed by atoms with Crippen molar-refractivity contribution in [1.82, 2.24) is 5.32 Å². The summed E-state index contributed by atoms with van der Waals surface area (Å²) in [6.07, 6.45) is 5.01. The summed E-state index contributed by atoms with van der Waals surface area (Å²) in [5, 5.41) is 3.10. The van der Waals surface area contributed by atoms with E-state index in [2.05, 4.69) is 5.32 Å². The molecule has 0 saturated carbocycles. The van der Waals surface area contributed by atoms with Gasteiger partial charge in [0.1, 0.15) is 0 Å². The molecule has 5 heteroatoms. The maximum absolute atomic E-state index is 11.6. The van der Waals surface area contributed by atoms with E-state index in [1.165, 1.54) is 12.8 Å². The Morgan fingerprint density at radius 1 is 1.53 bits per heavy atom. The minimum Gasteiger partial charge on any atom is -0.393 e. The maximum atomic E-state index is 11.6. The van der Waals surface area contributed by atoms with E-state index in [1.54, 1.807) is 11.8 Å². The highest BCUT2D eigenvalue weighted by molar-refractivity contribution is 8.00. The highest BCUT2D eigenvalue weighted by atomic mass is 32.2. The minimum absolute atomic E-state index is 0.170. The van der Waals surface area contributed by atoms with Gasteiger partial charge < -0.3 is 11.1 Å². The van der Waals surface area contributed by atoms with Gasteiger partial charge in [-0.1, -0.05) is 18.6 Å². The predicted octanol–water partition coefficient (Wildman–Crippen LogP) is 1.45. The van der Waals surface area contributed by atoms with Crippen molar-refractivity contribution in [3.8, 4) is 0 Å². The van der Waals surface area contributed by atoms with Gasteiger partial charge in [0.15, 0.2) is 0 Å². The first-order valence-electron chi connectivity index (χ1n) is 5.38. The Morgan fingerprint density at radius 2 is 2.33 bits per heavy atom. The molecule has 0 aliphatic carbocycles. The summed E-state index contributed by atoms with van der Waals surface area (Å²) in [6.45, 7) is 0.688. The predicted molar refractivity (Wildman–Crippen MR) is 69.1 cm³/mol. The first kappa shape index (κ1) is 12.8. The fourth-order valence-electron chi connectivity index (χ4n) is 1.54. The molecule has 1 saturated heterocycles. The fourth-order valence-corrected chi connectivity index (χ4v) is 2.90. The van der Waals surface area contributed by atoms with Crippen LogP contribution in [0.5, 0.6) is 0 Å². The molecule has 0 aromatic carbocycles. The van der Waals surface area contributed by atoms with E-state index in [0.717, 1.165) is 18.6 Å². The van der Waals surface area contributed by atoms with Crippen molar-refractivity contribution in [2.24, 2.45) is 5.73 Å². The zero-order valence-corrected chi connectivity index (χ0v) is 10.5. The van der Waals surface area contributed by atoms with E-state index in [9.17, 15) is 4.79 Å². The molecule has 1 rings (SSSR count). The molecule has 1 fully saturated rings.